The molecule has 1 aliphatic rings. The van der Waals surface area contributed by atoms with Crippen LogP contribution in [0.2, 0.25) is 0 Å². The summed E-state index contributed by atoms with van der Waals surface area (Å²) in [5.74, 6) is -0.182. The average Bonchev–Trinajstić information content (AvgIpc) is 2.62. The summed E-state index contributed by atoms with van der Waals surface area (Å²) >= 11 is 0. The second-order valence-corrected chi connectivity index (χ2v) is 3.41. The van der Waals surface area contributed by atoms with E-state index in [2.05, 4.69) is 10.1 Å². The van der Waals surface area contributed by atoms with Crippen LogP contribution < -0.4 is 5.32 Å². The molecule has 0 aromatic heterocycles. The fraction of sp³-hybridized carbons (Fsp3) is 0.778. The first-order chi connectivity index (χ1) is 6.63. The van der Waals surface area contributed by atoms with Gasteiger partial charge in [0.05, 0.1) is 13.7 Å². The maximum atomic E-state index is 11.0. The van der Waals surface area contributed by atoms with Crippen LogP contribution in [0.3, 0.4) is 0 Å². The molecule has 0 bridgehead atoms. The summed E-state index contributed by atoms with van der Waals surface area (Å²) in [5.41, 5.74) is 0. The topological polar surface area (TPSA) is 58.6 Å². The number of methoxy groups -OCH3 is 1. The zero-order valence-corrected chi connectivity index (χ0v) is 8.58. The van der Waals surface area contributed by atoms with Gasteiger partial charge in [-0.3, -0.25) is 9.59 Å². The zero-order valence-electron chi connectivity index (χ0n) is 8.58. The highest BCUT2D eigenvalue weighted by molar-refractivity contribution is 5.73. The fourth-order valence-electron chi connectivity index (χ4n) is 1.51. The minimum absolute atomic E-state index is 0.0902. The predicted molar refractivity (Wildman–Crippen MR) is 50.7 cm³/mol. The second-order valence-electron chi connectivity index (χ2n) is 3.41. The van der Waals surface area contributed by atoms with Gasteiger partial charge < -0.3 is 15.0 Å². The Morgan fingerprint density at radius 3 is 2.79 bits per heavy atom. The molecule has 0 saturated carbocycles. The van der Waals surface area contributed by atoms with Crippen molar-refractivity contribution in [2.45, 2.75) is 19.4 Å². The molecule has 1 aliphatic heterocycles. The summed E-state index contributed by atoms with van der Waals surface area (Å²) in [7, 11) is 1.36. The third kappa shape index (κ3) is 2.99. The van der Waals surface area contributed by atoms with Gasteiger partial charge in [0, 0.05) is 26.1 Å². The molecule has 0 radical (unpaired) electrons. The summed E-state index contributed by atoms with van der Waals surface area (Å²) in [6.07, 6.45) is 0.899. The molecule has 1 atom stereocenters. The van der Waals surface area contributed by atoms with Crippen LogP contribution in [-0.4, -0.2) is 49.6 Å². The largest absolute Gasteiger partial charge is 0.468 e. The van der Waals surface area contributed by atoms with Gasteiger partial charge in [0.15, 0.2) is 0 Å². The van der Waals surface area contributed by atoms with Crippen molar-refractivity contribution in [1.82, 2.24) is 10.2 Å². The summed E-state index contributed by atoms with van der Waals surface area (Å²) in [6, 6.07) is 0.220. The highest BCUT2D eigenvalue weighted by Crippen LogP contribution is 2.08. The lowest BCUT2D eigenvalue weighted by molar-refractivity contribution is -0.139. The fourth-order valence-corrected chi connectivity index (χ4v) is 1.51. The van der Waals surface area contributed by atoms with Crippen LogP contribution in [0.15, 0.2) is 0 Å². The first kappa shape index (κ1) is 11.0. The van der Waals surface area contributed by atoms with Gasteiger partial charge in [-0.1, -0.05) is 0 Å². The number of carbonyl (C=O) groups is 2. The van der Waals surface area contributed by atoms with Crippen molar-refractivity contribution in [2.75, 3.05) is 26.7 Å². The molecule has 1 amide bonds. The molecule has 1 fully saturated rings. The van der Waals surface area contributed by atoms with E-state index in [0.29, 0.717) is 6.54 Å². The number of nitrogens with zero attached hydrogens (tertiary/aromatic N) is 1. The maximum absolute atomic E-state index is 11.0. The van der Waals surface area contributed by atoms with Gasteiger partial charge >= 0.3 is 5.97 Å². The van der Waals surface area contributed by atoms with Gasteiger partial charge in [0.2, 0.25) is 5.91 Å². The van der Waals surface area contributed by atoms with Crippen molar-refractivity contribution in [2.24, 2.45) is 0 Å². The van der Waals surface area contributed by atoms with E-state index in [1.165, 1.54) is 7.11 Å². The molecule has 5 heteroatoms. The van der Waals surface area contributed by atoms with E-state index in [9.17, 15) is 9.59 Å². The molecule has 5 nitrogen and oxygen atoms in total. The van der Waals surface area contributed by atoms with E-state index in [4.69, 9.17) is 0 Å². The minimum atomic E-state index is -0.272. The van der Waals surface area contributed by atoms with Crippen molar-refractivity contribution < 1.29 is 14.3 Å². The van der Waals surface area contributed by atoms with E-state index in [-0.39, 0.29) is 24.5 Å². The Hall–Kier alpha value is -1.10. The number of amides is 1. The van der Waals surface area contributed by atoms with Crippen molar-refractivity contribution in [1.29, 1.82) is 0 Å². The summed E-state index contributed by atoms with van der Waals surface area (Å²) in [6.45, 7) is 3.23. The standard InChI is InChI=1S/C9H16N2O3/c1-7(12)11-4-3-8(6-11)10-5-9(13)14-2/h8,10H,3-6H2,1-2H3. The normalized spacial score (nSPS) is 21.0. The molecular weight excluding hydrogens is 184 g/mol. The van der Waals surface area contributed by atoms with Crippen LogP contribution in [-0.2, 0) is 14.3 Å². The van der Waals surface area contributed by atoms with Crippen LogP contribution in [0.5, 0.6) is 0 Å². The van der Waals surface area contributed by atoms with Gasteiger partial charge in [-0.15, -0.1) is 0 Å². The quantitative estimate of drug-likeness (QED) is 0.616. The summed E-state index contributed by atoms with van der Waals surface area (Å²) in [4.78, 5) is 23.6. The molecule has 1 rings (SSSR count). The van der Waals surface area contributed by atoms with Crippen LogP contribution in [0.25, 0.3) is 0 Å². The van der Waals surface area contributed by atoms with Gasteiger partial charge in [0.1, 0.15) is 0 Å². The number of esters is 1. The SMILES string of the molecule is COC(=O)CNC1CCN(C(C)=O)C1. The molecule has 0 aromatic rings. The maximum Gasteiger partial charge on any atom is 0.319 e. The average molecular weight is 200 g/mol. The van der Waals surface area contributed by atoms with Crippen LogP contribution in [0.1, 0.15) is 13.3 Å². The van der Waals surface area contributed by atoms with E-state index in [0.717, 1.165) is 13.0 Å². The lowest BCUT2D eigenvalue weighted by Crippen LogP contribution is -2.37. The first-order valence-electron chi connectivity index (χ1n) is 4.69. The van der Waals surface area contributed by atoms with Gasteiger partial charge in [-0.05, 0) is 6.42 Å². The predicted octanol–water partition coefficient (Wildman–Crippen LogP) is -0.630. The number of hydrogen-bond acceptors (Lipinski definition) is 4. The number of nitrogens with one attached hydrogen (secondary N) is 1. The molecule has 1 unspecified atom stereocenters. The Labute approximate surface area is 83.4 Å². The van der Waals surface area contributed by atoms with E-state index >= 15 is 0 Å². The van der Waals surface area contributed by atoms with E-state index in [1.54, 1.807) is 11.8 Å². The second kappa shape index (κ2) is 4.95. The number of ether oxygens (including phenoxy) is 1. The van der Waals surface area contributed by atoms with Crippen LogP contribution >= 0.6 is 0 Å². The molecule has 14 heavy (non-hydrogen) atoms. The van der Waals surface area contributed by atoms with Gasteiger partial charge in [-0.25, -0.2) is 0 Å². The van der Waals surface area contributed by atoms with Gasteiger partial charge in [0.25, 0.3) is 0 Å². The van der Waals surface area contributed by atoms with Crippen molar-refractivity contribution in [3.63, 3.8) is 0 Å². The first-order valence-corrected chi connectivity index (χ1v) is 4.69. The van der Waals surface area contributed by atoms with Crippen molar-refractivity contribution in [3.05, 3.63) is 0 Å². The lowest BCUT2D eigenvalue weighted by Gasteiger charge is -2.14. The van der Waals surface area contributed by atoms with E-state index in [1.807, 2.05) is 0 Å². The number of hydrogen-bond donors (Lipinski definition) is 1. The molecule has 1 N–H and O–H groups in total. The Kier molecular flexibility index (Phi) is 3.88. The Balaban J connectivity index is 2.22. The Bertz CT molecular complexity index is 230. The molecule has 0 aliphatic carbocycles. The van der Waals surface area contributed by atoms with E-state index < -0.39 is 0 Å². The molecule has 0 spiro atoms. The summed E-state index contributed by atoms with van der Waals surface area (Å²) < 4.78 is 4.50. The third-order valence-corrected chi connectivity index (χ3v) is 2.40. The number of likely N-dealkylation sites (tertiary alicyclic amines) is 1. The monoisotopic (exact) mass is 200 g/mol. The molecule has 1 saturated heterocycles. The number of rotatable bonds is 3. The minimum Gasteiger partial charge on any atom is -0.468 e. The highest BCUT2D eigenvalue weighted by atomic mass is 16.5. The van der Waals surface area contributed by atoms with Crippen molar-refractivity contribution >= 4 is 11.9 Å². The smallest absolute Gasteiger partial charge is 0.319 e. The third-order valence-electron chi connectivity index (χ3n) is 2.40. The zero-order chi connectivity index (χ0) is 10.6. The molecule has 80 valence electrons. The Morgan fingerprint density at radius 2 is 2.29 bits per heavy atom. The van der Waals surface area contributed by atoms with Gasteiger partial charge in [-0.2, -0.15) is 0 Å². The molecule has 0 aromatic carbocycles. The molecule has 1 heterocycles. The Morgan fingerprint density at radius 1 is 1.57 bits per heavy atom. The van der Waals surface area contributed by atoms with Crippen molar-refractivity contribution in [3.8, 4) is 0 Å². The lowest BCUT2D eigenvalue weighted by atomic mass is 10.2. The van der Waals surface area contributed by atoms with Crippen LogP contribution in [0, 0.1) is 0 Å². The highest BCUT2D eigenvalue weighted by Gasteiger charge is 2.23. The van der Waals surface area contributed by atoms with Crippen LogP contribution in [0.4, 0.5) is 0 Å². The number of carbonyl (C=O) groups excluding carboxylic acids is 2. The molecular formula is C9H16N2O3. The summed E-state index contributed by atoms with van der Waals surface area (Å²) in [5, 5.41) is 3.05.